The van der Waals surface area contributed by atoms with Gasteiger partial charge in [0.25, 0.3) is 0 Å². The number of rotatable bonds is 5. The molecule has 0 aromatic heterocycles. The lowest BCUT2D eigenvalue weighted by atomic mass is 10.0. The average Bonchev–Trinajstić information content (AvgIpc) is 2.03. The van der Waals surface area contributed by atoms with Gasteiger partial charge in [-0.3, -0.25) is 0 Å². The highest BCUT2D eigenvalue weighted by Crippen LogP contribution is 2.41. The fourth-order valence-corrected chi connectivity index (χ4v) is 4.18. The van der Waals surface area contributed by atoms with Crippen LogP contribution in [0.5, 0.6) is 0 Å². The molecule has 2 atom stereocenters. The first kappa shape index (κ1) is 13.7. The first-order chi connectivity index (χ1) is 5.90. The van der Waals surface area contributed by atoms with Gasteiger partial charge in [-0.15, -0.1) is 0 Å². The molecule has 0 aromatic carbocycles. The Bertz CT molecular complexity index is 127. The van der Waals surface area contributed by atoms with E-state index in [2.05, 4.69) is 52.3 Å². The third-order valence-corrected chi connectivity index (χ3v) is 6.27. The fourth-order valence-electron chi connectivity index (χ4n) is 1.03. The zero-order valence-corrected chi connectivity index (χ0v) is 11.5. The topological polar surface area (TPSA) is 0 Å². The van der Waals surface area contributed by atoms with Crippen LogP contribution in [0.4, 0.5) is 0 Å². The summed E-state index contributed by atoms with van der Waals surface area (Å²) in [5, 5.41) is 0.828. The lowest BCUT2D eigenvalue weighted by Crippen LogP contribution is -2.13. The summed E-state index contributed by atoms with van der Waals surface area (Å²) >= 11 is 0. The van der Waals surface area contributed by atoms with Crippen molar-refractivity contribution >= 4 is 21.6 Å². The van der Waals surface area contributed by atoms with E-state index in [-0.39, 0.29) is 0 Å². The Morgan fingerprint density at radius 3 is 1.92 bits per heavy atom. The summed E-state index contributed by atoms with van der Waals surface area (Å²) in [6.07, 6.45) is 2.60. The minimum absolute atomic E-state index is 0.394. The molecule has 0 fully saturated rings. The molecule has 0 amide bonds. The van der Waals surface area contributed by atoms with Crippen molar-refractivity contribution in [2.75, 3.05) is 0 Å². The third-order valence-electron chi connectivity index (χ3n) is 2.10. The Balaban J connectivity index is 3.85. The molecule has 13 heavy (non-hydrogen) atoms. The van der Waals surface area contributed by atoms with Crippen LogP contribution in [0.3, 0.4) is 0 Å². The van der Waals surface area contributed by atoms with Crippen LogP contribution in [0.25, 0.3) is 0 Å². The van der Waals surface area contributed by atoms with E-state index >= 15 is 0 Å². The van der Waals surface area contributed by atoms with E-state index in [1.807, 2.05) is 10.8 Å². The monoisotopic (exact) mass is 220 g/mol. The Hall–Kier alpha value is 0.700. The van der Waals surface area contributed by atoms with Gasteiger partial charge in [0.1, 0.15) is 0 Å². The highest BCUT2D eigenvalue weighted by molar-refractivity contribution is 8.77. The Morgan fingerprint density at radius 2 is 1.62 bits per heavy atom. The van der Waals surface area contributed by atoms with Crippen molar-refractivity contribution in [3.63, 3.8) is 0 Å². The molecule has 0 aromatic rings. The van der Waals surface area contributed by atoms with Crippen molar-refractivity contribution in [3.05, 3.63) is 0 Å². The molecular weight excluding hydrogens is 196 g/mol. The van der Waals surface area contributed by atoms with Crippen LogP contribution in [0, 0.1) is 5.92 Å². The Morgan fingerprint density at radius 1 is 1.08 bits per heavy atom. The summed E-state index contributed by atoms with van der Waals surface area (Å²) in [5.74, 6) is 0.852. The van der Waals surface area contributed by atoms with Crippen molar-refractivity contribution in [1.82, 2.24) is 0 Å². The van der Waals surface area contributed by atoms with Gasteiger partial charge < -0.3 is 0 Å². The van der Waals surface area contributed by atoms with Gasteiger partial charge in [-0.1, -0.05) is 69.6 Å². The molecule has 0 spiro atoms. The summed E-state index contributed by atoms with van der Waals surface area (Å²) in [6, 6.07) is 0. The van der Waals surface area contributed by atoms with Gasteiger partial charge in [0.05, 0.1) is 0 Å². The smallest absolute Gasteiger partial charge is 0.0179 e. The maximum absolute atomic E-state index is 2.37. The summed E-state index contributed by atoms with van der Waals surface area (Å²) in [7, 11) is 4.10. The van der Waals surface area contributed by atoms with Crippen LogP contribution in [-0.2, 0) is 0 Å². The first-order valence-electron chi connectivity index (χ1n) is 5.25. The van der Waals surface area contributed by atoms with Crippen LogP contribution in [0.2, 0.25) is 0 Å². The molecule has 0 aliphatic rings. The van der Waals surface area contributed by atoms with E-state index in [1.165, 1.54) is 12.8 Å². The lowest BCUT2D eigenvalue weighted by Gasteiger charge is -2.24. The maximum atomic E-state index is 2.37. The van der Waals surface area contributed by atoms with Crippen molar-refractivity contribution in [2.45, 2.75) is 64.4 Å². The summed E-state index contributed by atoms with van der Waals surface area (Å²) in [6.45, 7) is 13.8. The highest BCUT2D eigenvalue weighted by Gasteiger charge is 2.19. The second-order valence-electron chi connectivity index (χ2n) is 4.62. The molecule has 0 aliphatic heterocycles. The van der Waals surface area contributed by atoms with Gasteiger partial charge in [0.2, 0.25) is 0 Å². The molecule has 0 aliphatic carbocycles. The SMILES string of the molecule is CCC(C)[C@@H](CC)SSC(C)(C)C. The first-order valence-corrected chi connectivity index (χ1v) is 7.46. The minimum Gasteiger partial charge on any atom is -0.0899 e. The molecule has 1 unspecified atom stereocenters. The third kappa shape index (κ3) is 6.73. The lowest BCUT2D eigenvalue weighted by molar-refractivity contribution is 0.526. The van der Waals surface area contributed by atoms with E-state index in [0.29, 0.717) is 4.75 Å². The van der Waals surface area contributed by atoms with Crippen molar-refractivity contribution in [1.29, 1.82) is 0 Å². The van der Waals surface area contributed by atoms with Gasteiger partial charge in [0, 0.05) is 10.00 Å². The number of hydrogen-bond acceptors (Lipinski definition) is 2. The van der Waals surface area contributed by atoms with Crippen LogP contribution in [0.15, 0.2) is 0 Å². The summed E-state index contributed by atoms with van der Waals surface area (Å²) < 4.78 is 0.394. The van der Waals surface area contributed by atoms with E-state index in [9.17, 15) is 0 Å². The standard InChI is InChI=1S/C11H24S2/c1-7-9(3)10(8-2)12-13-11(4,5)6/h9-10H,7-8H2,1-6H3/t9?,10-/m1/s1. The molecule has 0 saturated carbocycles. The number of hydrogen-bond donors (Lipinski definition) is 0. The fraction of sp³-hybridized carbons (Fsp3) is 1.00. The van der Waals surface area contributed by atoms with Gasteiger partial charge in [-0.2, -0.15) is 0 Å². The van der Waals surface area contributed by atoms with Gasteiger partial charge in [-0.05, 0) is 12.3 Å². The van der Waals surface area contributed by atoms with Crippen LogP contribution in [-0.4, -0.2) is 10.00 Å². The molecule has 0 N–H and O–H groups in total. The quantitative estimate of drug-likeness (QED) is 0.599. The largest absolute Gasteiger partial charge is 0.0899 e. The van der Waals surface area contributed by atoms with Crippen LogP contribution < -0.4 is 0 Å². The molecule has 0 bridgehead atoms. The van der Waals surface area contributed by atoms with Crippen molar-refractivity contribution < 1.29 is 0 Å². The Labute approximate surface area is 92.0 Å². The van der Waals surface area contributed by atoms with E-state index < -0.39 is 0 Å². The zero-order chi connectivity index (χ0) is 10.5. The van der Waals surface area contributed by atoms with E-state index in [0.717, 1.165) is 11.2 Å². The minimum atomic E-state index is 0.394. The molecular formula is C11H24S2. The highest BCUT2D eigenvalue weighted by atomic mass is 33.1. The average molecular weight is 220 g/mol. The molecule has 0 radical (unpaired) electrons. The van der Waals surface area contributed by atoms with Gasteiger partial charge in [-0.25, -0.2) is 0 Å². The van der Waals surface area contributed by atoms with Crippen molar-refractivity contribution in [3.8, 4) is 0 Å². The van der Waals surface area contributed by atoms with E-state index in [1.54, 1.807) is 0 Å². The second-order valence-corrected chi connectivity index (χ2v) is 7.89. The molecule has 0 rings (SSSR count). The Kier molecular flexibility index (Phi) is 6.57. The zero-order valence-electron chi connectivity index (χ0n) is 9.89. The predicted octanol–water partition coefficient (Wildman–Crippen LogP) is 4.99. The van der Waals surface area contributed by atoms with Gasteiger partial charge in [0.15, 0.2) is 0 Å². The molecule has 0 heterocycles. The normalized spacial score (nSPS) is 17.1. The molecule has 0 nitrogen and oxygen atoms in total. The molecule has 2 heteroatoms. The van der Waals surface area contributed by atoms with Crippen LogP contribution in [0.1, 0.15) is 54.4 Å². The van der Waals surface area contributed by atoms with E-state index in [4.69, 9.17) is 0 Å². The predicted molar refractivity (Wildman–Crippen MR) is 68.5 cm³/mol. The summed E-state index contributed by atoms with van der Waals surface area (Å²) in [4.78, 5) is 0. The second kappa shape index (κ2) is 6.23. The summed E-state index contributed by atoms with van der Waals surface area (Å²) in [5.41, 5.74) is 0. The van der Waals surface area contributed by atoms with Gasteiger partial charge >= 0.3 is 0 Å². The van der Waals surface area contributed by atoms with Crippen LogP contribution >= 0.6 is 21.6 Å². The molecule has 80 valence electrons. The molecule has 0 saturated heterocycles. The maximum Gasteiger partial charge on any atom is 0.0179 e. The van der Waals surface area contributed by atoms with Crippen molar-refractivity contribution in [2.24, 2.45) is 5.92 Å².